The quantitative estimate of drug-likeness (QED) is 0.916. The molecule has 84 valence electrons. The van der Waals surface area contributed by atoms with Gasteiger partial charge in [0.2, 0.25) is 0 Å². The van der Waals surface area contributed by atoms with Crippen LogP contribution in [0.25, 0.3) is 0 Å². The van der Waals surface area contributed by atoms with Gasteiger partial charge >= 0.3 is 0 Å². The van der Waals surface area contributed by atoms with Gasteiger partial charge in [-0.15, -0.1) is 0 Å². The van der Waals surface area contributed by atoms with Gasteiger partial charge in [0.05, 0.1) is 18.7 Å². The van der Waals surface area contributed by atoms with Gasteiger partial charge < -0.3 is 14.6 Å². The van der Waals surface area contributed by atoms with Crippen LogP contribution in [0, 0.1) is 6.92 Å². The molecule has 0 aliphatic heterocycles. The van der Waals surface area contributed by atoms with Gasteiger partial charge in [-0.3, -0.25) is 0 Å². The molecular weight excluding hydrogens is 260 g/mol. The lowest BCUT2D eigenvalue weighted by Gasteiger charge is -2.15. The van der Waals surface area contributed by atoms with Crippen molar-refractivity contribution in [2.24, 2.45) is 0 Å². The lowest BCUT2D eigenvalue weighted by molar-refractivity contribution is 0.296. The van der Waals surface area contributed by atoms with Crippen molar-refractivity contribution in [2.75, 3.05) is 20.8 Å². The fourth-order valence-electron chi connectivity index (χ4n) is 1.55. The molecule has 0 fully saturated rings. The van der Waals surface area contributed by atoms with Crippen LogP contribution < -0.4 is 9.47 Å². The van der Waals surface area contributed by atoms with Gasteiger partial charge in [0.1, 0.15) is 11.5 Å². The third-order valence-corrected chi connectivity index (χ3v) is 3.09. The van der Waals surface area contributed by atoms with E-state index in [1.807, 2.05) is 13.0 Å². The molecule has 0 heterocycles. The molecule has 1 aromatic rings. The Bertz CT molecular complexity index is 350. The first-order valence-electron chi connectivity index (χ1n) is 4.66. The largest absolute Gasteiger partial charge is 0.496 e. The minimum absolute atomic E-state index is 0.0845. The number of aliphatic hydroxyl groups excluding tert-OH is 1. The van der Waals surface area contributed by atoms with Crippen LogP contribution in [0.3, 0.4) is 0 Å². The highest BCUT2D eigenvalue weighted by Crippen LogP contribution is 2.38. The highest BCUT2D eigenvalue weighted by atomic mass is 79.9. The molecule has 0 spiro atoms. The summed E-state index contributed by atoms with van der Waals surface area (Å²) in [4.78, 5) is 0. The molecule has 3 nitrogen and oxygen atoms in total. The Kier molecular flexibility index (Phi) is 4.42. The highest BCUT2D eigenvalue weighted by Gasteiger charge is 2.14. The second kappa shape index (κ2) is 5.37. The van der Waals surface area contributed by atoms with Crippen LogP contribution in [-0.2, 0) is 6.42 Å². The Balaban J connectivity index is 3.32. The summed E-state index contributed by atoms with van der Waals surface area (Å²) in [6.45, 7) is 2.04. The second-order valence-electron chi connectivity index (χ2n) is 3.20. The maximum atomic E-state index is 8.98. The summed E-state index contributed by atoms with van der Waals surface area (Å²) >= 11 is 3.47. The van der Waals surface area contributed by atoms with Crippen LogP contribution in [-0.4, -0.2) is 25.9 Å². The summed E-state index contributed by atoms with van der Waals surface area (Å²) in [5, 5.41) is 8.98. The molecule has 0 unspecified atom stereocenters. The molecule has 0 aromatic heterocycles. The predicted octanol–water partition coefficient (Wildman–Crippen LogP) is 2.31. The molecule has 1 aromatic carbocycles. The zero-order chi connectivity index (χ0) is 11.4. The number of ether oxygens (including phenoxy) is 2. The predicted molar refractivity (Wildman–Crippen MR) is 62.8 cm³/mol. The first kappa shape index (κ1) is 12.3. The molecule has 0 saturated heterocycles. The van der Waals surface area contributed by atoms with Gasteiger partial charge in [-0.1, -0.05) is 0 Å². The van der Waals surface area contributed by atoms with E-state index in [2.05, 4.69) is 15.9 Å². The van der Waals surface area contributed by atoms with E-state index in [-0.39, 0.29) is 6.61 Å². The normalized spacial score (nSPS) is 10.2. The van der Waals surface area contributed by atoms with Crippen molar-refractivity contribution in [3.63, 3.8) is 0 Å². The summed E-state index contributed by atoms with van der Waals surface area (Å²) in [7, 11) is 3.25. The standard InChI is InChI=1S/C11H15BrO3/c1-7-6-9(14-2)8(4-5-13)10(12)11(7)15-3/h6,13H,4-5H2,1-3H3. The molecule has 1 N–H and O–H groups in total. The molecule has 4 heteroatoms. The molecule has 0 aliphatic rings. The van der Waals surface area contributed by atoms with Gasteiger partial charge in [-0.05, 0) is 34.5 Å². The van der Waals surface area contributed by atoms with E-state index in [1.54, 1.807) is 14.2 Å². The maximum Gasteiger partial charge on any atom is 0.136 e. The van der Waals surface area contributed by atoms with E-state index in [0.29, 0.717) is 6.42 Å². The summed E-state index contributed by atoms with van der Waals surface area (Å²) in [5.41, 5.74) is 1.94. The van der Waals surface area contributed by atoms with Gasteiger partial charge in [0.15, 0.2) is 0 Å². The number of benzene rings is 1. The maximum absolute atomic E-state index is 8.98. The minimum atomic E-state index is 0.0845. The molecule has 1 rings (SSSR count). The van der Waals surface area contributed by atoms with E-state index in [0.717, 1.165) is 27.1 Å². The molecule has 15 heavy (non-hydrogen) atoms. The third-order valence-electron chi connectivity index (χ3n) is 2.25. The molecule has 0 aliphatic carbocycles. The summed E-state index contributed by atoms with van der Waals surface area (Å²) in [6, 6.07) is 1.91. The monoisotopic (exact) mass is 274 g/mol. The molecular formula is C11H15BrO3. The number of rotatable bonds is 4. The van der Waals surface area contributed by atoms with Crippen LogP contribution >= 0.6 is 15.9 Å². The average molecular weight is 275 g/mol. The SMILES string of the molecule is COc1cc(C)c(OC)c(Br)c1CCO. The van der Waals surface area contributed by atoms with Gasteiger partial charge in [0, 0.05) is 18.6 Å². The Morgan fingerprint density at radius 3 is 2.47 bits per heavy atom. The average Bonchev–Trinajstić information content (AvgIpc) is 2.22. The van der Waals surface area contributed by atoms with Crippen molar-refractivity contribution >= 4 is 15.9 Å². The van der Waals surface area contributed by atoms with E-state index < -0.39 is 0 Å². The highest BCUT2D eigenvalue weighted by molar-refractivity contribution is 9.10. The summed E-state index contributed by atoms with van der Waals surface area (Å²) < 4.78 is 11.4. The van der Waals surface area contributed by atoms with E-state index in [1.165, 1.54) is 0 Å². The molecule has 0 bridgehead atoms. The zero-order valence-corrected chi connectivity index (χ0v) is 10.7. The first-order chi connectivity index (χ1) is 7.15. The fraction of sp³-hybridized carbons (Fsp3) is 0.455. The first-order valence-corrected chi connectivity index (χ1v) is 5.45. The zero-order valence-electron chi connectivity index (χ0n) is 9.13. The third kappa shape index (κ3) is 2.44. The van der Waals surface area contributed by atoms with Crippen molar-refractivity contribution < 1.29 is 14.6 Å². The van der Waals surface area contributed by atoms with Crippen molar-refractivity contribution in [3.05, 3.63) is 21.7 Å². The van der Waals surface area contributed by atoms with Crippen molar-refractivity contribution in [2.45, 2.75) is 13.3 Å². The van der Waals surface area contributed by atoms with Crippen molar-refractivity contribution in [1.29, 1.82) is 0 Å². The van der Waals surface area contributed by atoms with E-state index >= 15 is 0 Å². The van der Waals surface area contributed by atoms with Crippen LogP contribution in [0.1, 0.15) is 11.1 Å². The van der Waals surface area contributed by atoms with Crippen molar-refractivity contribution in [3.8, 4) is 11.5 Å². The molecule has 0 saturated carbocycles. The number of methoxy groups -OCH3 is 2. The fourth-order valence-corrected chi connectivity index (χ4v) is 2.41. The lowest BCUT2D eigenvalue weighted by Crippen LogP contribution is -2.00. The smallest absolute Gasteiger partial charge is 0.136 e. The van der Waals surface area contributed by atoms with E-state index in [9.17, 15) is 0 Å². The second-order valence-corrected chi connectivity index (χ2v) is 3.99. The van der Waals surface area contributed by atoms with Gasteiger partial charge in [0.25, 0.3) is 0 Å². The number of hydrogen-bond donors (Lipinski definition) is 1. The number of halogens is 1. The number of aliphatic hydroxyl groups is 1. The van der Waals surface area contributed by atoms with Gasteiger partial charge in [-0.25, -0.2) is 0 Å². The Labute approximate surface area is 98.1 Å². The summed E-state index contributed by atoms with van der Waals surface area (Å²) in [6.07, 6.45) is 0.542. The molecule has 0 radical (unpaired) electrons. The van der Waals surface area contributed by atoms with Crippen LogP contribution in [0.5, 0.6) is 11.5 Å². The Morgan fingerprint density at radius 1 is 1.33 bits per heavy atom. The van der Waals surface area contributed by atoms with Crippen LogP contribution in [0.15, 0.2) is 10.5 Å². The molecule has 0 amide bonds. The van der Waals surface area contributed by atoms with Gasteiger partial charge in [-0.2, -0.15) is 0 Å². The minimum Gasteiger partial charge on any atom is -0.496 e. The van der Waals surface area contributed by atoms with Crippen molar-refractivity contribution in [1.82, 2.24) is 0 Å². The van der Waals surface area contributed by atoms with Crippen LogP contribution in [0.2, 0.25) is 0 Å². The topological polar surface area (TPSA) is 38.7 Å². The van der Waals surface area contributed by atoms with Crippen LogP contribution in [0.4, 0.5) is 0 Å². The number of aryl methyl sites for hydroxylation is 1. The Morgan fingerprint density at radius 2 is 2.00 bits per heavy atom. The molecule has 0 atom stereocenters. The van der Waals surface area contributed by atoms with E-state index in [4.69, 9.17) is 14.6 Å². The number of hydrogen-bond acceptors (Lipinski definition) is 3. The lowest BCUT2D eigenvalue weighted by atomic mass is 10.1. The summed E-state index contributed by atoms with van der Waals surface area (Å²) in [5.74, 6) is 1.56. The Hall–Kier alpha value is -0.740.